The molecule has 9 N–H and O–H groups in total. The van der Waals surface area contributed by atoms with E-state index < -0.39 is 86.8 Å². The number of unbranched alkanes of at least 4 members (excludes halogenated alkanes) is 10. The highest BCUT2D eigenvalue weighted by molar-refractivity contribution is 5.76. The van der Waals surface area contributed by atoms with Gasteiger partial charge in [-0.2, -0.15) is 0 Å². The highest BCUT2D eigenvalue weighted by Gasteiger charge is 2.50. The third-order valence-electron chi connectivity index (χ3n) is 8.82. The Kier molecular flexibility index (Phi) is 20.2. The minimum atomic E-state index is -1.77. The summed E-state index contributed by atoms with van der Waals surface area (Å²) in [6.07, 6.45) is -3.25. The Balaban J connectivity index is 1.97. The normalized spacial score (nSPS) is 33.1. The predicted molar refractivity (Wildman–Crippen MR) is 166 cm³/mol. The van der Waals surface area contributed by atoms with E-state index in [0.29, 0.717) is 19.3 Å². The van der Waals surface area contributed by atoms with Gasteiger partial charge in [0.15, 0.2) is 12.6 Å². The summed E-state index contributed by atoms with van der Waals surface area (Å²) in [7, 11) is 0. The molecule has 14 heteroatoms. The first-order valence-corrected chi connectivity index (χ1v) is 17.3. The van der Waals surface area contributed by atoms with Crippen molar-refractivity contribution in [3.05, 3.63) is 0 Å². The fourth-order valence-corrected chi connectivity index (χ4v) is 5.82. The Morgan fingerprint density at radius 1 is 0.696 bits per heavy atom. The quantitative estimate of drug-likeness (QED) is 0.0654. The predicted octanol–water partition coefficient (Wildman–Crippen LogP) is -0.0260. The van der Waals surface area contributed by atoms with Crippen LogP contribution in [0.1, 0.15) is 104 Å². The Morgan fingerprint density at radius 2 is 1.24 bits per heavy atom. The number of hydrogen-bond acceptors (Lipinski definition) is 13. The first-order valence-electron chi connectivity index (χ1n) is 17.3. The standard InChI is InChI=1S/C32H61NO13/c1-3-5-7-8-9-10-11-12-14-15-21(36)20(33-24(37)16-13-6-4-2)19-43-31-29(42)27(40)30(23(18-35)45-31)46-32-28(41)26(39)25(38)22(17-34)44-32/h20-23,25-32,34-36,38-42H,3-19H2,1-2H3,(H,33,37). The monoisotopic (exact) mass is 667 g/mol. The van der Waals surface area contributed by atoms with Crippen LogP contribution in [0, 0.1) is 0 Å². The fourth-order valence-electron chi connectivity index (χ4n) is 5.82. The second kappa shape index (κ2) is 22.6. The lowest BCUT2D eigenvalue weighted by molar-refractivity contribution is -0.359. The third-order valence-corrected chi connectivity index (χ3v) is 8.82. The van der Waals surface area contributed by atoms with E-state index in [1.54, 1.807) is 0 Å². The van der Waals surface area contributed by atoms with Crippen LogP contribution in [0.15, 0.2) is 0 Å². The van der Waals surface area contributed by atoms with Gasteiger partial charge in [0.1, 0.15) is 48.8 Å². The van der Waals surface area contributed by atoms with Crippen molar-refractivity contribution >= 4 is 5.91 Å². The van der Waals surface area contributed by atoms with Crippen LogP contribution in [0.3, 0.4) is 0 Å². The number of nitrogens with one attached hydrogen (secondary N) is 1. The van der Waals surface area contributed by atoms with E-state index in [1.165, 1.54) is 32.1 Å². The molecule has 0 aromatic heterocycles. The van der Waals surface area contributed by atoms with Crippen molar-refractivity contribution in [2.24, 2.45) is 0 Å². The van der Waals surface area contributed by atoms with E-state index in [0.717, 1.165) is 38.5 Å². The van der Waals surface area contributed by atoms with Gasteiger partial charge in [-0.15, -0.1) is 0 Å². The van der Waals surface area contributed by atoms with Crippen LogP contribution in [-0.4, -0.2) is 140 Å². The zero-order chi connectivity index (χ0) is 34.1. The van der Waals surface area contributed by atoms with E-state index >= 15 is 0 Å². The summed E-state index contributed by atoms with van der Waals surface area (Å²) in [5.41, 5.74) is 0. The van der Waals surface area contributed by atoms with Crippen molar-refractivity contribution < 1.29 is 64.6 Å². The van der Waals surface area contributed by atoms with Crippen molar-refractivity contribution in [1.82, 2.24) is 5.32 Å². The van der Waals surface area contributed by atoms with Gasteiger partial charge in [-0.05, 0) is 12.8 Å². The molecular formula is C32H61NO13. The molecule has 272 valence electrons. The SMILES string of the molecule is CCCCCCCCCCCC(O)C(COC1OC(CO)C(OC2OC(CO)C(O)C(O)C2O)C(O)C1O)NC(=O)CCCCC. The molecule has 1 amide bonds. The van der Waals surface area contributed by atoms with E-state index in [2.05, 4.69) is 12.2 Å². The van der Waals surface area contributed by atoms with Crippen LogP contribution in [0.25, 0.3) is 0 Å². The summed E-state index contributed by atoms with van der Waals surface area (Å²) in [6.45, 7) is 2.58. The van der Waals surface area contributed by atoms with Crippen LogP contribution in [0.5, 0.6) is 0 Å². The Hall–Kier alpha value is -1.01. The molecule has 46 heavy (non-hydrogen) atoms. The molecule has 0 saturated carbocycles. The molecule has 0 spiro atoms. The average Bonchev–Trinajstić information content (AvgIpc) is 3.05. The van der Waals surface area contributed by atoms with Gasteiger partial charge in [-0.3, -0.25) is 4.79 Å². The topological polar surface area (TPSA) is 228 Å². The first-order chi connectivity index (χ1) is 22.1. The minimum absolute atomic E-state index is 0.237. The molecule has 0 bridgehead atoms. The zero-order valence-corrected chi connectivity index (χ0v) is 27.6. The number of carbonyl (C=O) groups excluding carboxylic acids is 1. The Labute approximate surface area is 273 Å². The number of hydrogen-bond donors (Lipinski definition) is 9. The van der Waals surface area contributed by atoms with Crippen LogP contribution in [-0.2, 0) is 23.7 Å². The second-order valence-electron chi connectivity index (χ2n) is 12.7. The Bertz CT molecular complexity index is 806. The molecule has 12 atom stereocenters. The van der Waals surface area contributed by atoms with Crippen LogP contribution in [0.2, 0.25) is 0 Å². The summed E-state index contributed by atoms with van der Waals surface area (Å²) >= 11 is 0. The molecule has 2 aliphatic rings. The maximum absolute atomic E-state index is 12.6. The maximum Gasteiger partial charge on any atom is 0.220 e. The summed E-state index contributed by atoms with van der Waals surface area (Å²) < 4.78 is 22.4. The fraction of sp³-hybridized carbons (Fsp3) is 0.969. The molecule has 14 nitrogen and oxygen atoms in total. The number of amides is 1. The first kappa shape index (κ1) is 41.2. The number of aliphatic hydroxyl groups is 8. The van der Waals surface area contributed by atoms with Crippen molar-refractivity contribution in [2.45, 2.75) is 177 Å². The minimum Gasteiger partial charge on any atom is -0.394 e. The van der Waals surface area contributed by atoms with Gasteiger partial charge >= 0.3 is 0 Å². The molecule has 2 fully saturated rings. The molecule has 0 aromatic carbocycles. The molecule has 2 saturated heterocycles. The molecule has 0 radical (unpaired) electrons. The van der Waals surface area contributed by atoms with Crippen molar-refractivity contribution in [2.75, 3.05) is 19.8 Å². The molecule has 2 aliphatic heterocycles. The second-order valence-corrected chi connectivity index (χ2v) is 12.7. The summed E-state index contributed by atoms with van der Waals surface area (Å²) in [4.78, 5) is 12.6. The molecule has 2 rings (SSSR count). The molecule has 12 unspecified atom stereocenters. The van der Waals surface area contributed by atoms with Crippen molar-refractivity contribution in [1.29, 1.82) is 0 Å². The van der Waals surface area contributed by atoms with E-state index in [9.17, 15) is 45.6 Å². The lowest BCUT2D eigenvalue weighted by atomic mass is 9.97. The van der Waals surface area contributed by atoms with Crippen molar-refractivity contribution in [3.8, 4) is 0 Å². The van der Waals surface area contributed by atoms with E-state index in [1.807, 2.05) is 6.92 Å². The molecule has 0 aliphatic carbocycles. The number of rotatable bonds is 23. The van der Waals surface area contributed by atoms with E-state index in [4.69, 9.17) is 18.9 Å². The largest absolute Gasteiger partial charge is 0.394 e. The van der Waals surface area contributed by atoms with Gasteiger partial charge in [0.2, 0.25) is 5.91 Å². The Morgan fingerprint density at radius 3 is 1.85 bits per heavy atom. The van der Waals surface area contributed by atoms with Gasteiger partial charge in [-0.1, -0.05) is 84.5 Å². The lowest BCUT2D eigenvalue weighted by Gasteiger charge is -2.46. The van der Waals surface area contributed by atoms with Crippen LogP contribution in [0.4, 0.5) is 0 Å². The molecular weight excluding hydrogens is 606 g/mol. The maximum atomic E-state index is 12.6. The lowest BCUT2D eigenvalue weighted by Crippen LogP contribution is -2.65. The van der Waals surface area contributed by atoms with Crippen molar-refractivity contribution in [3.63, 3.8) is 0 Å². The number of ether oxygens (including phenoxy) is 4. The van der Waals surface area contributed by atoms with Gasteiger partial charge in [0.25, 0.3) is 0 Å². The van der Waals surface area contributed by atoms with Gasteiger partial charge in [-0.25, -0.2) is 0 Å². The van der Waals surface area contributed by atoms with Gasteiger partial charge in [0.05, 0.1) is 32.0 Å². The average molecular weight is 668 g/mol. The summed E-state index contributed by atoms with van der Waals surface area (Å²) in [6, 6.07) is -0.813. The molecule has 2 heterocycles. The van der Waals surface area contributed by atoms with Gasteiger partial charge in [0, 0.05) is 6.42 Å². The summed E-state index contributed by atoms with van der Waals surface area (Å²) in [5, 5.41) is 85.4. The highest BCUT2D eigenvalue weighted by atomic mass is 16.7. The van der Waals surface area contributed by atoms with Crippen LogP contribution >= 0.6 is 0 Å². The zero-order valence-electron chi connectivity index (χ0n) is 27.6. The highest BCUT2D eigenvalue weighted by Crippen LogP contribution is 2.29. The smallest absolute Gasteiger partial charge is 0.220 e. The summed E-state index contributed by atoms with van der Waals surface area (Å²) in [5.74, 6) is -0.237. The molecule has 0 aromatic rings. The third kappa shape index (κ3) is 13.1. The van der Waals surface area contributed by atoms with Crippen LogP contribution < -0.4 is 5.32 Å². The number of carbonyl (C=O) groups is 1. The number of aliphatic hydroxyl groups excluding tert-OH is 8. The van der Waals surface area contributed by atoms with E-state index in [-0.39, 0.29) is 12.5 Å². The van der Waals surface area contributed by atoms with Gasteiger partial charge < -0.3 is 65.1 Å².